The number of amides is 1. The van der Waals surface area contributed by atoms with E-state index in [0.29, 0.717) is 31.6 Å². The number of aryl methyl sites for hydroxylation is 1. The molecule has 138 valence electrons. The fourth-order valence-corrected chi connectivity index (χ4v) is 3.57. The normalized spacial score (nSPS) is 17.2. The summed E-state index contributed by atoms with van der Waals surface area (Å²) in [7, 11) is 0. The van der Waals surface area contributed by atoms with Gasteiger partial charge >= 0.3 is 0 Å². The molecule has 0 saturated carbocycles. The number of para-hydroxylation sites is 1. The van der Waals surface area contributed by atoms with Crippen LogP contribution >= 0.6 is 0 Å². The van der Waals surface area contributed by atoms with Crippen molar-refractivity contribution >= 4 is 16.8 Å². The van der Waals surface area contributed by atoms with Gasteiger partial charge in [0.15, 0.2) is 5.69 Å². The summed E-state index contributed by atoms with van der Waals surface area (Å²) < 4.78 is 1.71. The van der Waals surface area contributed by atoms with Gasteiger partial charge in [0.1, 0.15) is 0 Å². The van der Waals surface area contributed by atoms with Crippen LogP contribution in [0.3, 0.4) is 0 Å². The Labute approximate surface area is 156 Å². The second-order valence-corrected chi connectivity index (χ2v) is 6.52. The van der Waals surface area contributed by atoms with Crippen LogP contribution in [0.15, 0.2) is 53.6 Å². The summed E-state index contributed by atoms with van der Waals surface area (Å²) in [5.41, 5.74) is 1.34. The number of aromatic nitrogens is 3. The number of hydrogen-bond acceptors (Lipinski definition) is 5. The molecule has 7 nitrogen and oxygen atoms in total. The molecule has 4 rings (SSSR count). The molecule has 1 atom stereocenters. The number of benzene rings is 1. The van der Waals surface area contributed by atoms with Crippen LogP contribution in [0.1, 0.15) is 29.0 Å². The first-order valence-corrected chi connectivity index (χ1v) is 9.12. The molecule has 1 fully saturated rings. The Balaban J connectivity index is 1.79. The highest BCUT2D eigenvalue weighted by Gasteiger charge is 2.31. The van der Waals surface area contributed by atoms with Gasteiger partial charge in [-0.2, -0.15) is 5.10 Å². The van der Waals surface area contributed by atoms with E-state index in [0.717, 1.165) is 11.1 Å². The largest absolute Gasteiger partial charge is 0.327 e. The van der Waals surface area contributed by atoms with Crippen LogP contribution in [0.5, 0.6) is 0 Å². The number of rotatable bonds is 3. The SMILES string of the molecule is CCn1nc(C(=O)N2CCNCC2c2cccnc2)c(=O)c2ccccc21. The fourth-order valence-electron chi connectivity index (χ4n) is 3.57. The molecule has 0 bridgehead atoms. The van der Waals surface area contributed by atoms with Crippen molar-refractivity contribution in [1.82, 2.24) is 25.0 Å². The van der Waals surface area contributed by atoms with Crippen LogP contribution in [-0.4, -0.2) is 45.2 Å². The first kappa shape index (κ1) is 17.4. The molecular weight excluding hydrogens is 342 g/mol. The third-order valence-corrected chi connectivity index (χ3v) is 4.94. The predicted molar refractivity (Wildman–Crippen MR) is 103 cm³/mol. The predicted octanol–water partition coefficient (Wildman–Crippen LogP) is 1.60. The lowest BCUT2D eigenvalue weighted by Crippen LogP contribution is -2.50. The van der Waals surface area contributed by atoms with Gasteiger partial charge in [0.05, 0.1) is 11.6 Å². The second kappa shape index (κ2) is 7.28. The molecule has 3 heterocycles. The molecule has 2 aromatic heterocycles. The summed E-state index contributed by atoms with van der Waals surface area (Å²) in [5.74, 6) is -0.330. The smallest absolute Gasteiger partial charge is 0.279 e. The zero-order chi connectivity index (χ0) is 18.8. The third kappa shape index (κ3) is 3.10. The molecule has 0 spiro atoms. The minimum Gasteiger partial charge on any atom is -0.327 e. The molecule has 1 amide bonds. The molecule has 1 saturated heterocycles. The van der Waals surface area contributed by atoms with Crippen LogP contribution in [-0.2, 0) is 6.54 Å². The van der Waals surface area contributed by atoms with Crippen LogP contribution < -0.4 is 10.7 Å². The van der Waals surface area contributed by atoms with Crippen molar-refractivity contribution < 1.29 is 4.79 Å². The Hall–Kier alpha value is -3.06. The number of piperazine rings is 1. The standard InChI is InChI=1S/C20H21N5O2/c1-2-25-16-8-4-3-7-15(16)19(26)18(23-25)20(27)24-11-10-22-13-17(24)14-6-5-9-21-12-14/h3-9,12,17,22H,2,10-11,13H2,1H3. The maximum Gasteiger partial charge on any atom is 0.279 e. The van der Waals surface area contributed by atoms with E-state index < -0.39 is 0 Å². The molecule has 27 heavy (non-hydrogen) atoms. The monoisotopic (exact) mass is 363 g/mol. The van der Waals surface area contributed by atoms with Crippen molar-refractivity contribution in [3.8, 4) is 0 Å². The maximum absolute atomic E-state index is 13.3. The van der Waals surface area contributed by atoms with Crippen molar-refractivity contribution in [3.63, 3.8) is 0 Å². The quantitative estimate of drug-likeness (QED) is 0.765. The molecule has 1 aliphatic rings. The lowest BCUT2D eigenvalue weighted by Gasteiger charge is -2.36. The fraction of sp³-hybridized carbons (Fsp3) is 0.300. The van der Waals surface area contributed by atoms with Crippen molar-refractivity contribution in [2.45, 2.75) is 19.5 Å². The average Bonchev–Trinajstić information content (AvgIpc) is 2.74. The van der Waals surface area contributed by atoms with Crippen LogP contribution in [0, 0.1) is 0 Å². The van der Waals surface area contributed by atoms with Gasteiger partial charge in [-0.05, 0) is 30.7 Å². The van der Waals surface area contributed by atoms with E-state index in [4.69, 9.17) is 0 Å². The number of carbonyl (C=O) groups is 1. The topological polar surface area (TPSA) is 80.1 Å². The summed E-state index contributed by atoms with van der Waals surface area (Å²) >= 11 is 0. The summed E-state index contributed by atoms with van der Waals surface area (Å²) in [6.07, 6.45) is 3.47. The Morgan fingerprint density at radius 3 is 2.89 bits per heavy atom. The number of hydrogen-bond donors (Lipinski definition) is 1. The molecule has 1 aliphatic heterocycles. The van der Waals surface area contributed by atoms with Gasteiger partial charge in [-0.15, -0.1) is 0 Å². The molecule has 7 heteroatoms. The molecule has 0 aliphatic carbocycles. The minimum atomic E-state index is -0.330. The van der Waals surface area contributed by atoms with Gasteiger partial charge in [0.2, 0.25) is 5.43 Å². The number of fused-ring (bicyclic) bond motifs is 1. The van der Waals surface area contributed by atoms with Gasteiger partial charge < -0.3 is 10.2 Å². The maximum atomic E-state index is 13.3. The third-order valence-electron chi connectivity index (χ3n) is 4.94. The van der Waals surface area contributed by atoms with E-state index in [1.54, 1.807) is 34.1 Å². The highest BCUT2D eigenvalue weighted by Crippen LogP contribution is 2.23. The minimum absolute atomic E-state index is 0.0219. The summed E-state index contributed by atoms with van der Waals surface area (Å²) in [5, 5.41) is 8.23. The first-order chi connectivity index (χ1) is 13.2. The molecular formula is C20H21N5O2. The lowest BCUT2D eigenvalue weighted by atomic mass is 10.0. The molecule has 1 aromatic carbocycles. The van der Waals surface area contributed by atoms with Gasteiger partial charge in [-0.3, -0.25) is 19.3 Å². The summed E-state index contributed by atoms with van der Waals surface area (Å²) in [4.78, 5) is 32.2. The van der Waals surface area contributed by atoms with E-state index in [1.165, 1.54) is 0 Å². The van der Waals surface area contributed by atoms with Gasteiger partial charge in [-0.1, -0.05) is 18.2 Å². The van der Waals surface area contributed by atoms with Gasteiger partial charge in [-0.25, -0.2) is 0 Å². The number of pyridine rings is 1. The zero-order valence-corrected chi connectivity index (χ0v) is 15.1. The van der Waals surface area contributed by atoms with Crippen LogP contribution in [0.4, 0.5) is 0 Å². The highest BCUT2D eigenvalue weighted by molar-refractivity contribution is 5.95. The average molecular weight is 363 g/mol. The molecule has 0 radical (unpaired) electrons. The van der Waals surface area contributed by atoms with E-state index in [-0.39, 0.29) is 23.1 Å². The number of nitrogens with zero attached hydrogens (tertiary/aromatic N) is 4. The Morgan fingerprint density at radius 2 is 2.11 bits per heavy atom. The lowest BCUT2D eigenvalue weighted by molar-refractivity contribution is 0.0624. The van der Waals surface area contributed by atoms with E-state index in [2.05, 4.69) is 15.4 Å². The van der Waals surface area contributed by atoms with Crippen LogP contribution in [0.2, 0.25) is 0 Å². The summed E-state index contributed by atoms with van der Waals surface area (Å²) in [6, 6.07) is 10.9. The van der Waals surface area contributed by atoms with E-state index >= 15 is 0 Å². The van der Waals surface area contributed by atoms with Gasteiger partial charge in [0.25, 0.3) is 5.91 Å². The van der Waals surface area contributed by atoms with Crippen molar-refractivity contribution in [1.29, 1.82) is 0 Å². The molecule has 3 aromatic rings. The van der Waals surface area contributed by atoms with Crippen molar-refractivity contribution in [3.05, 3.63) is 70.3 Å². The first-order valence-electron chi connectivity index (χ1n) is 9.12. The van der Waals surface area contributed by atoms with E-state index in [9.17, 15) is 9.59 Å². The Morgan fingerprint density at radius 1 is 1.26 bits per heavy atom. The summed E-state index contributed by atoms with van der Waals surface area (Å²) in [6.45, 7) is 4.33. The molecule has 1 unspecified atom stereocenters. The molecule has 1 N–H and O–H groups in total. The highest BCUT2D eigenvalue weighted by atomic mass is 16.2. The van der Waals surface area contributed by atoms with Crippen LogP contribution in [0.25, 0.3) is 10.9 Å². The van der Waals surface area contributed by atoms with Gasteiger partial charge in [0, 0.05) is 44.0 Å². The zero-order valence-electron chi connectivity index (χ0n) is 15.1. The number of nitrogens with one attached hydrogen (secondary N) is 1. The number of carbonyl (C=O) groups excluding carboxylic acids is 1. The second-order valence-electron chi connectivity index (χ2n) is 6.52. The van der Waals surface area contributed by atoms with Crippen molar-refractivity contribution in [2.24, 2.45) is 0 Å². The Kier molecular flexibility index (Phi) is 4.68. The Bertz CT molecular complexity index is 1030. The van der Waals surface area contributed by atoms with Crippen molar-refractivity contribution in [2.75, 3.05) is 19.6 Å². The van der Waals surface area contributed by atoms with E-state index in [1.807, 2.05) is 31.2 Å².